The molecule has 7 heteroatoms. The Morgan fingerprint density at radius 1 is 1.10 bits per heavy atom. The van der Waals surface area contributed by atoms with Gasteiger partial charge in [-0.05, 0) is 24.3 Å². The minimum Gasteiger partial charge on any atom is -0.381 e. The van der Waals surface area contributed by atoms with E-state index in [1.165, 1.54) is 18.2 Å². The summed E-state index contributed by atoms with van der Waals surface area (Å²) in [5.41, 5.74) is 1.31. The van der Waals surface area contributed by atoms with Crippen molar-refractivity contribution in [3.05, 3.63) is 64.2 Å². The molecule has 2 aromatic carbocycles. The number of nitrogens with one attached hydrogen (secondary N) is 1. The van der Waals surface area contributed by atoms with Crippen molar-refractivity contribution in [2.75, 3.05) is 11.6 Å². The van der Waals surface area contributed by atoms with Crippen molar-refractivity contribution >= 4 is 21.2 Å². The summed E-state index contributed by atoms with van der Waals surface area (Å²) in [5.74, 6) is 0. The monoisotopic (exact) mass is 306 g/mol. The fourth-order valence-corrected chi connectivity index (χ4v) is 2.49. The Hall–Kier alpha value is -2.41. The summed E-state index contributed by atoms with van der Waals surface area (Å²) in [7, 11) is -3.22. The lowest BCUT2D eigenvalue weighted by molar-refractivity contribution is -0.385. The molecule has 0 radical (unpaired) electrons. The molecule has 2 rings (SSSR count). The van der Waals surface area contributed by atoms with Crippen molar-refractivity contribution in [1.29, 1.82) is 0 Å². The largest absolute Gasteiger partial charge is 0.381 e. The van der Waals surface area contributed by atoms with E-state index in [2.05, 4.69) is 5.32 Å². The van der Waals surface area contributed by atoms with Crippen LogP contribution in [0.1, 0.15) is 5.56 Å². The highest BCUT2D eigenvalue weighted by Gasteiger charge is 2.12. The second-order valence-corrected chi connectivity index (χ2v) is 6.55. The summed E-state index contributed by atoms with van der Waals surface area (Å²) in [6, 6.07) is 12.7. The van der Waals surface area contributed by atoms with Crippen LogP contribution in [-0.4, -0.2) is 19.6 Å². The van der Waals surface area contributed by atoms with Gasteiger partial charge in [0, 0.05) is 30.1 Å². The van der Waals surface area contributed by atoms with Crippen LogP contribution in [0.2, 0.25) is 0 Å². The molecule has 0 aliphatic carbocycles. The van der Waals surface area contributed by atoms with Gasteiger partial charge in [0.1, 0.15) is 0 Å². The number of nitro groups is 1. The van der Waals surface area contributed by atoms with Crippen LogP contribution in [0.3, 0.4) is 0 Å². The second kappa shape index (κ2) is 5.92. The lowest BCUT2D eigenvalue weighted by atomic mass is 10.2. The molecule has 0 heterocycles. The highest BCUT2D eigenvalue weighted by Crippen LogP contribution is 2.20. The predicted octanol–water partition coefficient (Wildman–Crippen LogP) is 2.61. The molecule has 0 spiro atoms. The molecule has 0 unspecified atom stereocenters. The first-order valence-corrected chi connectivity index (χ1v) is 8.03. The maximum Gasteiger partial charge on any atom is 0.274 e. The normalized spacial score (nSPS) is 11.1. The van der Waals surface area contributed by atoms with Gasteiger partial charge in [-0.1, -0.05) is 18.2 Å². The molecule has 1 N–H and O–H groups in total. The molecule has 2 aromatic rings. The summed E-state index contributed by atoms with van der Waals surface area (Å²) in [4.78, 5) is 10.7. The Morgan fingerprint density at radius 2 is 1.71 bits per heavy atom. The lowest BCUT2D eigenvalue weighted by Crippen LogP contribution is -2.03. The first kappa shape index (κ1) is 15.0. The summed E-state index contributed by atoms with van der Waals surface area (Å²) >= 11 is 0. The lowest BCUT2D eigenvalue weighted by Gasteiger charge is -2.07. The fourth-order valence-electron chi connectivity index (χ4n) is 1.86. The topological polar surface area (TPSA) is 89.3 Å². The van der Waals surface area contributed by atoms with Gasteiger partial charge in [0.25, 0.3) is 5.69 Å². The number of nitro benzene ring substituents is 1. The molecule has 0 saturated carbocycles. The van der Waals surface area contributed by atoms with Gasteiger partial charge < -0.3 is 5.32 Å². The Balaban J connectivity index is 2.12. The van der Waals surface area contributed by atoms with Crippen LogP contribution < -0.4 is 5.32 Å². The maximum atomic E-state index is 11.3. The first-order chi connectivity index (χ1) is 9.88. The molecule has 0 atom stereocenters. The van der Waals surface area contributed by atoms with Gasteiger partial charge in [-0.25, -0.2) is 8.42 Å². The molecule has 0 aliphatic rings. The van der Waals surface area contributed by atoms with E-state index >= 15 is 0 Å². The second-order valence-electron chi connectivity index (χ2n) is 4.54. The van der Waals surface area contributed by atoms with Gasteiger partial charge >= 0.3 is 0 Å². The van der Waals surface area contributed by atoms with Crippen LogP contribution in [0, 0.1) is 10.1 Å². The summed E-state index contributed by atoms with van der Waals surface area (Å²) in [6.07, 6.45) is 1.14. The van der Waals surface area contributed by atoms with Crippen LogP contribution in [0.4, 0.5) is 11.4 Å². The zero-order valence-electron chi connectivity index (χ0n) is 11.3. The van der Waals surface area contributed by atoms with Gasteiger partial charge in [0.2, 0.25) is 0 Å². The molecule has 0 aliphatic heterocycles. The number of hydrogen-bond donors (Lipinski definition) is 1. The zero-order chi connectivity index (χ0) is 15.5. The molecule has 0 saturated heterocycles. The minimum absolute atomic E-state index is 0.0535. The molecular formula is C14H14N2O4S. The zero-order valence-corrected chi connectivity index (χ0v) is 12.1. The number of hydrogen-bond acceptors (Lipinski definition) is 5. The standard InChI is InChI=1S/C14H14N2O4S/c1-21(19,20)13-8-6-12(7-9-13)15-10-11-4-2-3-5-14(11)16(17)18/h2-9,15H,10H2,1H3. The Labute approximate surface area is 122 Å². The van der Waals surface area contributed by atoms with Crippen molar-refractivity contribution in [2.45, 2.75) is 11.4 Å². The van der Waals surface area contributed by atoms with E-state index in [-0.39, 0.29) is 17.1 Å². The number of para-hydroxylation sites is 1. The average molecular weight is 306 g/mol. The van der Waals surface area contributed by atoms with E-state index in [4.69, 9.17) is 0 Å². The van der Waals surface area contributed by atoms with Crippen LogP contribution in [0.5, 0.6) is 0 Å². The third-order valence-electron chi connectivity index (χ3n) is 2.95. The van der Waals surface area contributed by atoms with Crippen molar-refractivity contribution in [2.24, 2.45) is 0 Å². The van der Waals surface area contributed by atoms with Gasteiger partial charge in [-0.15, -0.1) is 0 Å². The smallest absolute Gasteiger partial charge is 0.274 e. The van der Waals surface area contributed by atoms with Crippen LogP contribution in [-0.2, 0) is 16.4 Å². The highest BCUT2D eigenvalue weighted by atomic mass is 32.2. The molecular weight excluding hydrogens is 292 g/mol. The minimum atomic E-state index is -3.22. The summed E-state index contributed by atoms with van der Waals surface area (Å²) in [6.45, 7) is 0.287. The maximum absolute atomic E-state index is 11.3. The number of benzene rings is 2. The SMILES string of the molecule is CS(=O)(=O)c1ccc(NCc2ccccc2[N+](=O)[O-])cc1. The van der Waals surface area contributed by atoms with Gasteiger partial charge in [-0.2, -0.15) is 0 Å². The molecule has 6 nitrogen and oxygen atoms in total. The Bertz CT molecular complexity index is 755. The van der Waals surface area contributed by atoms with Crippen molar-refractivity contribution in [1.82, 2.24) is 0 Å². The van der Waals surface area contributed by atoms with E-state index in [9.17, 15) is 18.5 Å². The van der Waals surface area contributed by atoms with Crippen LogP contribution in [0.15, 0.2) is 53.4 Å². The van der Waals surface area contributed by atoms with Gasteiger partial charge in [0.05, 0.1) is 9.82 Å². The Kier molecular flexibility index (Phi) is 4.23. The number of sulfone groups is 1. The number of rotatable bonds is 5. The van der Waals surface area contributed by atoms with E-state index in [0.29, 0.717) is 11.3 Å². The molecule has 21 heavy (non-hydrogen) atoms. The summed E-state index contributed by atoms with van der Waals surface area (Å²) in [5, 5.41) is 13.9. The number of nitrogens with zero attached hydrogens (tertiary/aromatic N) is 1. The van der Waals surface area contributed by atoms with E-state index < -0.39 is 14.8 Å². The molecule has 0 fully saturated rings. The average Bonchev–Trinajstić information content (AvgIpc) is 2.45. The third-order valence-corrected chi connectivity index (χ3v) is 4.08. The highest BCUT2D eigenvalue weighted by molar-refractivity contribution is 7.90. The van der Waals surface area contributed by atoms with E-state index in [1.807, 2.05) is 0 Å². The quantitative estimate of drug-likeness (QED) is 0.677. The van der Waals surface area contributed by atoms with Gasteiger partial charge in [0.15, 0.2) is 9.84 Å². The van der Waals surface area contributed by atoms with E-state index in [1.54, 1.807) is 30.3 Å². The van der Waals surface area contributed by atoms with Crippen molar-refractivity contribution in [3.8, 4) is 0 Å². The molecule has 0 amide bonds. The third kappa shape index (κ3) is 3.79. The van der Waals surface area contributed by atoms with Gasteiger partial charge in [-0.3, -0.25) is 10.1 Å². The fraction of sp³-hybridized carbons (Fsp3) is 0.143. The molecule has 0 aromatic heterocycles. The summed E-state index contributed by atoms with van der Waals surface area (Å²) < 4.78 is 22.7. The van der Waals surface area contributed by atoms with E-state index in [0.717, 1.165) is 6.26 Å². The van der Waals surface area contributed by atoms with Crippen molar-refractivity contribution in [3.63, 3.8) is 0 Å². The number of anilines is 1. The van der Waals surface area contributed by atoms with Crippen LogP contribution in [0.25, 0.3) is 0 Å². The predicted molar refractivity (Wildman–Crippen MR) is 80.0 cm³/mol. The van der Waals surface area contributed by atoms with Crippen LogP contribution >= 0.6 is 0 Å². The first-order valence-electron chi connectivity index (χ1n) is 6.14. The molecule has 0 bridgehead atoms. The molecule has 110 valence electrons. The van der Waals surface area contributed by atoms with Crippen molar-refractivity contribution < 1.29 is 13.3 Å². The Morgan fingerprint density at radius 3 is 2.29 bits per heavy atom.